The first kappa shape index (κ1) is 17.7. The second-order valence-corrected chi connectivity index (χ2v) is 5.86. The van der Waals surface area contributed by atoms with E-state index in [4.69, 9.17) is 9.84 Å². The quantitative estimate of drug-likeness (QED) is 0.404. The van der Waals surface area contributed by atoms with Crippen molar-refractivity contribution in [2.75, 3.05) is 25.1 Å². The Kier molecular flexibility index (Phi) is 5.25. The SMILES string of the molecule is C/C(=C\CNc1ncnc2c1ncn2[C@H]1O[C@@H](CO)[C@@H](O)[C@@H]1O)CO. The first-order valence-corrected chi connectivity index (χ1v) is 7.87. The lowest BCUT2D eigenvalue weighted by Gasteiger charge is -2.16. The molecule has 5 N–H and O–H groups in total. The number of nitrogens with zero attached hydrogens (tertiary/aromatic N) is 4. The van der Waals surface area contributed by atoms with Crippen LogP contribution < -0.4 is 5.32 Å². The van der Waals surface area contributed by atoms with Crippen molar-refractivity contribution in [3.8, 4) is 0 Å². The van der Waals surface area contributed by atoms with E-state index in [2.05, 4.69) is 20.3 Å². The Morgan fingerprint density at radius 3 is 2.76 bits per heavy atom. The van der Waals surface area contributed by atoms with Crippen LogP contribution in [-0.4, -0.2) is 78.0 Å². The number of ether oxygens (including phenoxy) is 1. The normalized spacial score (nSPS) is 27.2. The molecule has 3 heterocycles. The molecule has 1 fully saturated rings. The summed E-state index contributed by atoms with van der Waals surface area (Å²) in [6, 6.07) is 0. The summed E-state index contributed by atoms with van der Waals surface area (Å²) in [5.41, 5.74) is 1.74. The van der Waals surface area contributed by atoms with Gasteiger partial charge in [0.2, 0.25) is 0 Å². The maximum absolute atomic E-state index is 10.2. The fourth-order valence-electron chi connectivity index (χ4n) is 2.66. The molecule has 0 spiro atoms. The monoisotopic (exact) mass is 351 g/mol. The zero-order valence-corrected chi connectivity index (χ0v) is 13.6. The summed E-state index contributed by atoms with van der Waals surface area (Å²) in [6.45, 7) is 1.85. The molecule has 0 radical (unpaired) electrons. The molecule has 1 aliphatic rings. The van der Waals surface area contributed by atoms with Crippen molar-refractivity contribution in [2.45, 2.75) is 31.5 Å². The number of rotatable bonds is 6. The van der Waals surface area contributed by atoms with Gasteiger partial charge in [0.1, 0.15) is 24.6 Å². The summed E-state index contributed by atoms with van der Waals surface area (Å²) < 4.78 is 7.01. The number of imidazole rings is 1. The molecule has 1 aliphatic heterocycles. The van der Waals surface area contributed by atoms with Crippen LogP contribution in [0.25, 0.3) is 11.2 Å². The number of aliphatic hydroxyl groups is 4. The second-order valence-electron chi connectivity index (χ2n) is 5.86. The molecule has 4 atom stereocenters. The minimum absolute atomic E-state index is 0.0131. The molecule has 1 saturated heterocycles. The van der Waals surface area contributed by atoms with E-state index in [1.807, 2.05) is 13.0 Å². The molecule has 0 amide bonds. The van der Waals surface area contributed by atoms with Crippen molar-refractivity contribution in [2.24, 2.45) is 0 Å². The van der Waals surface area contributed by atoms with E-state index in [-0.39, 0.29) is 6.61 Å². The van der Waals surface area contributed by atoms with Gasteiger partial charge < -0.3 is 30.5 Å². The molecule has 0 unspecified atom stereocenters. The molecule has 0 saturated carbocycles. The average molecular weight is 351 g/mol. The molecule has 10 heteroatoms. The van der Waals surface area contributed by atoms with Crippen LogP contribution in [0.4, 0.5) is 5.82 Å². The Morgan fingerprint density at radius 1 is 1.28 bits per heavy atom. The van der Waals surface area contributed by atoms with Crippen LogP contribution in [0.3, 0.4) is 0 Å². The standard InChI is InChI=1S/C15H21N5O5/c1-8(4-21)2-3-16-13-10-14(18-6-17-13)20(7-19-10)15-12(24)11(23)9(5-22)25-15/h2,6-7,9,11-12,15,21-24H,3-5H2,1H3,(H,16,17,18)/b8-2+/t9-,11+,12-,15-/m0/s1. The van der Waals surface area contributed by atoms with Gasteiger partial charge in [0.05, 0.1) is 19.5 Å². The maximum atomic E-state index is 10.2. The van der Waals surface area contributed by atoms with Gasteiger partial charge >= 0.3 is 0 Å². The largest absolute Gasteiger partial charge is 0.394 e. The lowest BCUT2D eigenvalue weighted by Crippen LogP contribution is -2.33. The predicted octanol–water partition coefficient (Wildman–Crippen LogP) is -1.21. The van der Waals surface area contributed by atoms with Gasteiger partial charge in [-0.1, -0.05) is 11.6 Å². The van der Waals surface area contributed by atoms with E-state index in [1.165, 1.54) is 17.2 Å². The Bertz CT molecular complexity index is 764. The third kappa shape index (κ3) is 3.34. The van der Waals surface area contributed by atoms with Crippen molar-refractivity contribution in [3.05, 3.63) is 24.3 Å². The number of nitrogens with one attached hydrogen (secondary N) is 1. The number of aliphatic hydroxyl groups excluding tert-OH is 4. The van der Waals surface area contributed by atoms with Gasteiger partial charge in [0, 0.05) is 6.54 Å². The van der Waals surface area contributed by atoms with Gasteiger partial charge in [-0.25, -0.2) is 15.0 Å². The highest BCUT2D eigenvalue weighted by Crippen LogP contribution is 2.31. The van der Waals surface area contributed by atoms with Gasteiger partial charge in [-0.05, 0) is 6.92 Å². The van der Waals surface area contributed by atoms with Crippen LogP contribution in [0.15, 0.2) is 24.3 Å². The highest BCUT2D eigenvalue weighted by atomic mass is 16.6. The molecular formula is C15H21N5O5. The second kappa shape index (κ2) is 7.42. The van der Waals surface area contributed by atoms with Crippen molar-refractivity contribution in [3.63, 3.8) is 0 Å². The van der Waals surface area contributed by atoms with Crippen molar-refractivity contribution < 1.29 is 25.2 Å². The van der Waals surface area contributed by atoms with E-state index < -0.39 is 31.1 Å². The molecular weight excluding hydrogens is 330 g/mol. The van der Waals surface area contributed by atoms with E-state index in [1.54, 1.807) is 0 Å². The molecule has 0 aromatic carbocycles. The smallest absolute Gasteiger partial charge is 0.167 e. The van der Waals surface area contributed by atoms with Crippen LogP contribution in [-0.2, 0) is 4.74 Å². The minimum atomic E-state index is -1.21. The highest BCUT2D eigenvalue weighted by molar-refractivity contribution is 5.82. The Hall–Kier alpha value is -2.11. The third-order valence-electron chi connectivity index (χ3n) is 4.12. The molecule has 2 aromatic heterocycles. The molecule has 0 bridgehead atoms. The van der Waals surface area contributed by atoms with Gasteiger partial charge in [0.25, 0.3) is 0 Å². The average Bonchev–Trinajstić information content (AvgIpc) is 3.17. The third-order valence-corrected chi connectivity index (χ3v) is 4.12. The summed E-state index contributed by atoms with van der Waals surface area (Å²) in [4.78, 5) is 12.6. The number of fused-ring (bicyclic) bond motifs is 1. The highest BCUT2D eigenvalue weighted by Gasteiger charge is 2.44. The lowest BCUT2D eigenvalue weighted by atomic mass is 10.1. The van der Waals surface area contributed by atoms with E-state index in [0.717, 1.165) is 5.57 Å². The molecule has 3 rings (SSSR count). The van der Waals surface area contributed by atoms with Crippen LogP contribution in [0, 0.1) is 0 Å². The van der Waals surface area contributed by atoms with Crippen LogP contribution in [0.5, 0.6) is 0 Å². The van der Waals surface area contributed by atoms with E-state index >= 15 is 0 Å². The van der Waals surface area contributed by atoms with Crippen molar-refractivity contribution in [1.82, 2.24) is 19.5 Å². The van der Waals surface area contributed by atoms with Crippen LogP contribution >= 0.6 is 0 Å². The molecule has 25 heavy (non-hydrogen) atoms. The van der Waals surface area contributed by atoms with Gasteiger partial charge in [0.15, 0.2) is 23.2 Å². The summed E-state index contributed by atoms with van der Waals surface area (Å²) >= 11 is 0. The van der Waals surface area contributed by atoms with Crippen molar-refractivity contribution >= 4 is 17.0 Å². The molecule has 2 aromatic rings. The first-order valence-electron chi connectivity index (χ1n) is 7.87. The lowest BCUT2D eigenvalue weighted by molar-refractivity contribution is -0.0511. The Balaban J connectivity index is 1.86. The van der Waals surface area contributed by atoms with E-state index in [9.17, 15) is 15.3 Å². The van der Waals surface area contributed by atoms with Gasteiger partial charge in [-0.3, -0.25) is 4.57 Å². The van der Waals surface area contributed by atoms with Gasteiger partial charge in [-0.15, -0.1) is 0 Å². The Labute approximate surface area is 143 Å². The number of hydrogen-bond donors (Lipinski definition) is 5. The summed E-state index contributed by atoms with van der Waals surface area (Å²) in [6.07, 6.45) is 0.443. The topological polar surface area (TPSA) is 146 Å². The molecule has 0 aliphatic carbocycles. The first-order chi connectivity index (χ1) is 12.1. The van der Waals surface area contributed by atoms with E-state index in [0.29, 0.717) is 23.5 Å². The van der Waals surface area contributed by atoms with Crippen LogP contribution in [0.2, 0.25) is 0 Å². The van der Waals surface area contributed by atoms with Crippen LogP contribution in [0.1, 0.15) is 13.2 Å². The number of hydrogen-bond acceptors (Lipinski definition) is 9. The predicted molar refractivity (Wildman–Crippen MR) is 87.7 cm³/mol. The number of anilines is 1. The number of aromatic nitrogens is 4. The molecule has 10 nitrogen and oxygen atoms in total. The molecule has 136 valence electrons. The zero-order chi connectivity index (χ0) is 18.0. The maximum Gasteiger partial charge on any atom is 0.167 e. The minimum Gasteiger partial charge on any atom is -0.394 e. The summed E-state index contributed by atoms with van der Waals surface area (Å²) in [7, 11) is 0. The van der Waals surface area contributed by atoms with Crippen molar-refractivity contribution in [1.29, 1.82) is 0 Å². The zero-order valence-electron chi connectivity index (χ0n) is 13.6. The summed E-state index contributed by atoms with van der Waals surface area (Å²) in [5, 5.41) is 41.4. The fraction of sp³-hybridized carbons (Fsp3) is 0.533. The Morgan fingerprint density at radius 2 is 2.08 bits per heavy atom. The summed E-state index contributed by atoms with van der Waals surface area (Å²) in [5.74, 6) is 0.498. The fourth-order valence-corrected chi connectivity index (χ4v) is 2.66. The van der Waals surface area contributed by atoms with Gasteiger partial charge in [-0.2, -0.15) is 0 Å².